The molecule has 1 fully saturated rings. The molecule has 1 aliphatic heterocycles. The van der Waals surface area contributed by atoms with Crippen LogP contribution in [0.1, 0.15) is 43.9 Å². The predicted molar refractivity (Wildman–Crippen MR) is 80.3 cm³/mol. The van der Waals surface area contributed by atoms with Gasteiger partial charge in [-0.3, -0.25) is 0 Å². The van der Waals surface area contributed by atoms with Crippen molar-refractivity contribution in [3.8, 4) is 0 Å². The van der Waals surface area contributed by atoms with Gasteiger partial charge in [-0.05, 0) is 49.4 Å². The van der Waals surface area contributed by atoms with E-state index in [1.54, 1.807) is 0 Å². The molecule has 0 amide bonds. The van der Waals surface area contributed by atoms with Crippen LogP contribution in [-0.2, 0) is 6.42 Å². The lowest BCUT2D eigenvalue weighted by molar-refractivity contribution is 0.234. The molecular formula is C17H26N2. The van der Waals surface area contributed by atoms with Crippen molar-refractivity contribution in [2.24, 2.45) is 5.41 Å². The number of rotatable bonds is 3. The van der Waals surface area contributed by atoms with Gasteiger partial charge in [0.15, 0.2) is 0 Å². The van der Waals surface area contributed by atoms with Crippen LogP contribution in [0, 0.1) is 5.41 Å². The van der Waals surface area contributed by atoms with Crippen LogP contribution in [0.5, 0.6) is 0 Å². The Morgan fingerprint density at radius 1 is 1.32 bits per heavy atom. The van der Waals surface area contributed by atoms with E-state index >= 15 is 0 Å². The van der Waals surface area contributed by atoms with Gasteiger partial charge in [-0.15, -0.1) is 0 Å². The van der Waals surface area contributed by atoms with Gasteiger partial charge < -0.3 is 10.2 Å². The van der Waals surface area contributed by atoms with Gasteiger partial charge in [0.2, 0.25) is 0 Å². The second-order valence-electron chi connectivity index (χ2n) is 6.98. The first-order chi connectivity index (χ1) is 9.08. The average molecular weight is 258 g/mol. The van der Waals surface area contributed by atoms with Crippen LogP contribution in [0.3, 0.4) is 0 Å². The van der Waals surface area contributed by atoms with Gasteiger partial charge >= 0.3 is 0 Å². The number of hydrogen-bond acceptors (Lipinski definition) is 2. The molecule has 0 radical (unpaired) electrons. The zero-order valence-electron chi connectivity index (χ0n) is 12.4. The van der Waals surface area contributed by atoms with Gasteiger partial charge in [0.05, 0.1) is 0 Å². The Balaban J connectivity index is 1.72. The fraction of sp³-hybridized carbons (Fsp3) is 0.647. The summed E-state index contributed by atoms with van der Waals surface area (Å²) in [5.41, 5.74) is 3.39. The predicted octanol–water partition coefficient (Wildman–Crippen LogP) is 2.99. The summed E-state index contributed by atoms with van der Waals surface area (Å²) in [6.07, 6.45) is 3.90. The monoisotopic (exact) mass is 258 g/mol. The molecule has 1 aromatic carbocycles. The van der Waals surface area contributed by atoms with E-state index in [9.17, 15) is 0 Å². The van der Waals surface area contributed by atoms with Crippen LogP contribution in [0.25, 0.3) is 0 Å². The van der Waals surface area contributed by atoms with Crippen LogP contribution in [-0.4, -0.2) is 31.1 Å². The molecule has 1 N–H and O–H groups in total. The van der Waals surface area contributed by atoms with E-state index in [2.05, 4.69) is 55.4 Å². The molecule has 2 unspecified atom stereocenters. The Morgan fingerprint density at radius 3 is 2.84 bits per heavy atom. The molecule has 1 aliphatic carbocycles. The van der Waals surface area contributed by atoms with Crippen molar-refractivity contribution in [2.75, 3.05) is 20.1 Å². The van der Waals surface area contributed by atoms with E-state index in [-0.39, 0.29) is 0 Å². The first-order valence-electron chi connectivity index (χ1n) is 7.59. The van der Waals surface area contributed by atoms with Crippen molar-refractivity contribution in [1.29, 1.82) is 0 Å². The summed E-state index contributed by atoms with van der Waals surface area (Å²) in [6, 6.07) is 10.2. The van der Waals surface area contributed by atoms with Gasteiger partial charge in [0, 0.05) is 18.6 Å². The number of hydrogen-bond donors (Lipinski definition) is 1. The lowest BCUT2D eigenvalue weighted by Gasteiger charge is -2.31. The molecule has 1 heterocycles. The fourth-order valence-electron chi connectivity index (χ4n) is 3.87. The highest BCUT2D eigenvalue weighted by atomic mass is 15.2. The van der Waals surface area contributed by atoms with Crippen molar-refractivity contribution in [1.82, 2.24) is 10.2 Å². The Morgan fingerprint density at radius 2 is 2.11 bits per heavy atom. The zero-order chi connectivity index (χ0) is 13.5. The molecule has 2 heteroatoms. The van der Waals surface area contributed by atoms with Crippen LogP contribution in [0.4, 0.5) is 0 Å². The van der Waals surface area contributed by atoms with Gasteiger partial charge in [0.25, 0.3) is 0 Å². The van der Waals surface area contributed by atoms with Crippen LogP contribution < -0.4 is 5.32 Å². The van der Waals surface area contributed by atoms with E-state index in [1.165, 1.54) is 36.9 Å². The highest BCUT2D eigenvalue weighted by molar-refractivity contribution is 5.37. The molecule has 0 aromatic heterocycles. The number of nitrogens with one attached hydrogen (secondary N) is 1. The fourth-order valence-corrected chi connectivity index (χ4v) is 3.87. The summed E-state index contributed by atoms with van der Waals surface area (Å²) in [7, 11) is 2.26. The number of benzene rings is 1. The third-order valence-corrected chi connectivity index (χ3v) is 5.02. The average Bonchev–Trinajstić information content (AvgIpc) is 2.87. The lowest BCUT2D eigenvalue weighted by atomic mass is 9.85. The molecule has 0 bridgehead atoms. The highest BCUT2D eigenvalue weighted by Crippen LogP contribution is 2.44. The van der Waals surface area contributed by atoms with E-state index in [0.717, 1.165) is 12.6 Å². The number of likely N-dealkylation sites (N-methyl/N-ethyl adjacent to an activating group) is 1. The third kappa shape index (κ3) is 2.44. The summed E-state index contributed by atoms with van der Waals surface area (Å²) in [6.45, 7) is 7.17. The molecular weight excluding hydrogens is 232 g/mol. The number of likely N-dealkylation sites (tertiary alicyclic amines) is 1. The van der Waals surface area contributed by atoms with Crippen molar-refractivity contribution in [3.05, 3.63) is 35.4 Å². The van der Waals surface area contributed by atoms with Crippen molar-refractivity contribution >= 4 is 0 Å². The van der Waals surface area contributed by atoms with E-state index in [1.807, 2.05) is 0 Å². The van der Waals surface area contributed by atoms with Gasteiger partial charge in [-0.1, -0.05) is 38.1 Å². The Labute approximate surface area is 117 Å². The summed E-state index contributed by atoms with van der Waals surface area (Å²) >= 11 is 0. The Kier molecular flexibility index (Phi) is 3.40. The first kappa shape index (κ1) is 13.1. The maximum absolute atomic E-state index is 3.86. The normalized spacial score (nSPS) is 29.6. The zero-order valence-corrected chi connectivity index (χ0v) is 12.4. The SMILES string of the molecule is CN1CCCC1CNC1c2ccccc2CC1(C)C. The topological polar surface area (TPSA) is 15.3 Å². The summed E-state index contributed by atoms with van der Waals surface area (Å²) in [5.74, 6) is 0. The minimum atomic E-state index is 0.334. The molecule has 0 saturated carbocycles. The molecule has 1 saturated heterocycles. The van der Waals surface area contributed by atoms with Gasteiger partial charge in [0.1, 0.15) is 0 Å². The number of fused-ring (bicyclic) bond motifs is 1. The van der Waals surface area contributed by atoms with Crippen molar-refractivity contribution in [2.45, 2.75) is 45.2 Å². The summed E-state index contributed by atoms with van der Waals surface area (Å²) < 4.78 is 0. The van der Waals surface area contributed by atoms with E-state index < -0.39 is 0 Å². The second-order valence-corrected chi connectivity index (χ2v) is 6.98. The smallest absolute Gasteiger partial charge is 0.0378 e. The third-order valence-electron chi connectivity index (χ3n) is 5.02. The standard InChI is InChI=1S/C17H26N2/c1-17(2)11-13-7-4-5-9-15(13)16(17)18-12-14-8-6-10-19(14)3/h4-5,7,9,14,16,18H,6,8,10-12H2,1-3H3. The Hall–Kier alpha value is -0.860. The minimum Gasteiger partial charge on any atom is -0.308 e. The summed E-state index contributed by atoms with van der Waals surface area (Å²) in [4.78, 5) is 2.50. The summed E-state index contributed by atoms with van der Waals surface area (Å²) in [5, 5.41) is 3.86. The molecule has 104 valence electrons. The molecule has 2 atom stereocenters. The highest BCUT2D eigenvalue weighted by Gasteiger charge is 2.38. The molecule has 1 aromatic rings. The van der Waals surface area contributed by atoms with Crippen LogP contribution >= 0.6 is 0 Å². The molecule has 2 aliphatic rings. The molecule has 2 nitrogen and oxygen atoms in total. The molecule has 3 rings (SSSR count). The maximum Gasteiger partial charge on any atom is 0.0378 e. The largest absolute Gasteiger partial charge is 0.308 e. The quantitative estimate of drug-likeness (QED) is 0.896. The van der Waals surface area contributed by atoms with E-state index in [0.29, 0.717) is 11.5 Å². The lowest BCUT2D eigenvalue weighted by Crippen LogP contribution is -2.40. The minimum absolute atomic E-state index is 0.334. The molecule has 19 heavy (non-hydrogen) atoms. The van der Waals surface area contributed by atoms with E-state index in [4.69, 9.17) is 0 Å². The number of nitrogens with zero attached hydrogens (tertiary/aromatic N) is 1. The maximum atomic E-state index is 3.86. The second kappa shape index (κ2) is 4.92. The van der Waals surface area contributed by atoms with Crippen molar-refractivity contribution in [3.63, 3.8) is 0 Å². The van der Waals surface area contributed by atoms with Crippen molar-refractivity contribution < 1.29 is 0 Å². The Bertz CT molecular complexity index is 452. The van der Waals surface area contributed by atoms with Gasteiger partial charge in [-0.25, -0.2) is 0 Å². The molecule has 0 spiro atoms. The van der Waals surface area contributed by atoms with Crippen LogP contribution in [0.2, 0.25) is 0 Å². The first-order valence-corrected chi connectivity index (χ1v) is 7.59. The van der Waals surface area contributed by atoms with Gasteiger partial charge in [-0.2, -0.15) is 0 Å². The van der Waals surface area contributed by atoms with Crippen LogP contribution in [0.15, 0.2) is 24.3 Å².